The second-order valence-corrected chi connectivity index (χ2v) is 5.87. The molecule has 0 spiro atoms. The van der Waals surface area contributed by atoms with Gasteiger partial charge in [-0.3, -0.25) is 0 Å². The van der Waals surface area contributed by atoms with Crippen LogP contribution in [0.2, 0.25) is 0 Å². The van der Waals surface area contributed by atoms with Crippen molar-refractivity contribution >= 4 is 10.8 Å². The monoisotopic (exact) mass is 372 g/mol. The highest BCUT2D eigenvalue weighted by Crippen LogP contribution is 2.35. The molecule has 27 heavy (non-hydrogen) atoms. The van der Waals surface area contributed by atoms with Crippen LogP contribution in [0.15, 0.2) is 54.6 Å². The molecule has 0 unspecified atom stereocenters. The van der Waals surface area contributed by atoms with Crippen molar-refractivity contribution in [3.8, 4) is 22.6 Å². The molecular weight excluding hydrogens is 353 g/mol. The number of ether oxygens (including phenoxy) is 2. The fourth-order valence-corrected chi connectivity index (χ4v) is 2.81. The molecule has 3 rings (SSSR count). The molecule has 0 saturated carbocycles. The Bertz CT molecular complexity index is 979. The van der Waals surface area contributed by atoms with Crippen LogP contribution in [0, 0.1) is 17.5 Å². The minimum Gasteiger partial charge on any atom is -0.491 e. The number of fused-ring (bicyclic) bond motifs is 1. The van der Waals surface area contributed by atoms with Gasteiger partial charge < -0.3 is 9.47 Å². The Morgan fingerprint density at radius 2 is 1.63 bits per heavy atom. The Kier molecular flexibility index (Phi) is 5.69. The summed E-state index contributed by atoms with van der Waals surface area (Å²) in [6.45, 7) is 4.24. The highest BCUT2D eigenvalue weighted by molar-refractivity contribution is 5.90. The second kappa shape index (κ2) is 8.16. The first-order valence-electron chi connectivity index (χ1n) is 8.64. The third-order valence-corrected chi connectivity index (χ3v) is 4.13. The highest BCUT2D eigenvalue weighted by Gasteiger charge is 2.20. The van der Waals surface area contributed by atoms with Gasteiger partial charge in [0.15, 0.2) is 23.2 Å². The van der Waals surface area contributed by atoms with Gasteiger partial charge in [-0.1, -0.05) is 30.4 Å². The van der Waals surface area contributed by atoms with Gasteiger partial charge in [-0.15, -0.1) is 0 Å². The van der Waals surface area contributed by atoms with E-state index in [4.69, 9.17) is 9.47 Å². The van der Waals surface area contributed by atoms with E-state index >= 15 is 0 Å². The van der Waals surface area contributed by atoms with Crippen molar-refractivity contribution < 1.29 is 22.6 Å². The van der Waals surface area contributed by atoms with E-state index in [2.05, 4.69) is 0 Å². The summed E-state index contributed by atoms with van der Waals surface area (Å²) in [6.07, 6.45) is 3.73. The van der Waals surface area contributed by atoms with Gasteiger partial charge in [0.1, 0.15) is 12.4 Å². The SMILES string of the molecule is CC=CCOc1ccc(-c2cc3ccc(OCC)c(F)c3c(F)c2F)cc1. The molecule has 0 aromatic heterocycles. The molecule has 0 atom stereocenters. The van der Waals surface area contributed by atoms with Crippen molar-refractivity contribution in [2.75, 3.05) is 13.2 Å². The van der Waals surface area contributed by atoms with Crippen molar-refractivity contribution in [3.05, 3.63) is 72.1 Å². The van der Waals surface area contributed by atoms with Crippen molar-refractivity contribution in [2.24, 2.45) is 0 Å². The van der Waals surface area contributed by atoms with Gasteiger partial charge in [-0.2, -0.15) is 0 Å². The van der Waals surface area contributed by atoms with E-state index in [1.54, 1.807) is 31.2 Å². The number of hydrogen-bond acceptors (Lipinski definition) is 2. The van der Waals surface area contributed by atoms with E-state index < -0.39 is 22.8 Å². The standard InChI is InChI=1S/C22H19F3O2/c1-3-5-12-27-16-9-6-14(7-10-16)17-13-15-8-11-18(26-4-2)21(24)19(15)22(25)20(17)23/h3,5-11,13H,4,12H2,1-2H3. The zero-order valence-corrected chi connectivity index (χ0v) is 15.1. The Morgan fingerprint density at radius 3 is 2.30 bits per heavy atom. The lowest BCUT2D eigenvalue weighted by Gasteiger charge is -2.12. The summed E-state index contributed by atoms with van der Waals surface area (Å²) in [5, 5.41) is -0.147. The van der Waals surface area contributed by atoms with Crippen LogP contribution < -0.4 is 9.47 Å². The Balaban J connectivity index is 2.02. The Labute approximate surface area is 155 Å². The van der Waals surface area contributed by atoms with E-state index in [-0.39, 0.29) is 23.3 Å². The number of benzene rings is 3. The first-order chi connectivity index (χ1) is 13.1. The predicted molar refractivity (Wildman–Crippen MR) is 101 cm³/mol. The van der Waals surface area contributed by atoms with Gasteiger partial charge in [-0.05, 0) is 49.1 Å². The van der Waals surface area contributed by atoms with Crippen LogP contribution in [0.5, 0.6) is 11.5 Å². The summed E-state index contributed by atoms with van der Waals surface area (Å²) in [7, 11) is 0. The van der Waals surface area contributed by atoms with E-state index in [0.717, 1.165) is 0 Å². The Hall–Kier alpha value is -2.95. The minimum atomic E-state index is -1.23. The molecular formula is C22H19F3O2. The van der Waals surface area contributed by atoms with Gasteiger partial charge in [0, 0.05) is 5.56 Å². The Morgan fingerprint density at radius 1 is 0.889 bits per heavy atom. The maximum atomic E-state index is 14.6. The number of allylic oxidation sites excluding steroid dienone is 1. The summed E-state index contributed by atoms with van der Waals surface area (Å²) in [4.78, 5) is 0. The van der Waals surface area contributed by atoms with E-state index in [9.17, 15) is 13.2 Å². The van der Waals surface area contributed by atoms with E-state index in [1.807, 2.05) is 19.1 Å². The van der Waals surface area contributed by atoms with Crippen LogP contribution in [-0.4, -0.2) is 13.2 Å². The molecule has 140 valence electrons. The molecule has 0 bridgehead atoms. The van der Waals surface area contributed by atoms with Gasteiger partial charge in [-0.25, -0.2) is 13.2 Å². The topological polar surface area (TPSA) is 18.5 Å². The molecule has 0 fully saturated rings. The van der Waals surface area contributed by atoms with E-state index in [0.29, 0.717) is 17.9 Å². The highest BCUT2D eigenvalue weighted by atomic mass is 19.2. The third-order valence-electron chi connectivity index (χ3n) is 4.13. The molecule has 2 nitrogen and oxygen atoms in total. The normalized spacial score (nSPS) is 11.3. The molecule has 0 aliphatic carbocycles. The summed E-state index contributed by atoms with van der Waals surface area (Å²) in [6, 6.07) is 11.0. The summed E-state index contributed by atoms with van der Waals surface area (Å²) in [5.74, 6) is -2.71. The summed E-state index contributed by atoms with van der Waals surface area (Å²) >= 11 is 0. The summed E-state index contributed by atoms with van der Waals surface area (Å²) < 4.78 is 54.3. The van der Waals surface area contributed by atoms with Crippen LogP contribution in [0.3, 0.4) is 0 Å². The van der Waals surface area contributed by atoms with Gasteiger partial charge in [0.05, 0.1) is 12.0 Å². The molecule has 0 amide bonds. The first kappa shape index (κ1) is 18.8. The fourth-order valence-electron chi connectivity index (χ4n) is 2.81. The molecule has 0 radical (unpaired) electrons. The van der Waals surface area contributed by atoms with E-state index in [1.165, 1.54) is 18.2 Å². The third kappa shape index (κ3) is 3.77. The molecule has 0 saturated heterocycles. The molecule has 0 aliphatic heterocycles. The fraction of sp³-hybridized carbons (Fsp3) is 0.182. The predicted octanol–water partition coefficient (Wildman–Crippen LogP) is 6.28. The van der Waals surface area contributed by atoms with Crippen LogP contribution in [0.4, 0.5) is 13.2 Å². The van der Waals surface area contributed by atoms with Crippen molar-refractivity contribution in [3.63, 3.8) is 0 Å². The maximum Gasteiger partial charge on any atom is 0.175 e. The lowest BCUT2D eigenvalue weighted by molar-refractivity contribution is 0.322. The van der Waals surface area contributed by atoms with Crippen LogP contribution >= 0.6 is 0 Å². The average molecular weight is 372 g/mol. The zero-order chi connectivity index (χ0) is 19.4. The lowest BCUT2D eigenvalue weighted by atomic mass is 9.99. The largest absolute Gasteiger partial charge is 0.491 e. The first-order valence-corrected chi connectivity index (χ1v) is 8.64. The number of rotatable bonds is 6. The smallest absolute Gasteiger partial charge is 0.175 e. The average Bonchev–Trinajstić information content (AvgIpc) is 2.67. The molecule has 0 heterocycles. The van der Waals surface area contributed by atoms with Crippen LogP contribution in [0.1, 0.15) is 13.8 Å². The van der Waals surface area contributed by atoms with Crippen LogP contribution in [0.25, 0.3) is 21.9 Å². The van der Waals surface area contributed by atoms with Crippen molar-refractivity contribution in [1.82, 2.24) is 0 Å². The molecule has 5 heteroatoms. The lowest BCUT2D eigenvalue weighted by Crippen LogP contribution is -1.99. The molecule has 3 aromatic rings. The molecule has 3 aromatic carbocycles. The van der Waals surface area contributed by atoms with Crippen LogP contribution in [-0.2, 0) is 0 Å². The van der Waals surface area contributed by atoms with Crippen molar-refractivity contribution in [2.45, 2.75) is 13.8 Å². The molecule has 0 N–H and O–H groups in total. The minimum absolute atomic E-state index is 0.0589. The number of hydrogen-bond donors (Lipinski definition) is 0. The summed E-state index contributed by atoms with van der Waals surface area (Å²) in [5.41, 5.74) is 0.532. The van der Waals surface area contributed by atoms with Gasteiger partial charge in [0.25, 0.3) is 0 Å². The van der Waals surface area contributed by atoms with Gasteiger partial charge in [0.2, 0.25) is 0 Å². The van der Waals surface area contributed by atoms with Gasteiger partial charge >= 0.3 is 0 Å². The quantitative estimate of drug-likeness (QED) is 0.474. The molecule has 0 aliphatic rings. The number of halogens is 3. The van der Waals surface area contributed by atoms with Crippen molar-refractivity contribution in [1.29, 1.82) is 0 Å². The second-order valence-electron chi connectivity index (χ2n) is 5.87. The zero-order valence-electron chi connectivity index (χ0n) is 15.1. The maximum absolute atomic E-state index is 14.6.